The number of carbonyl (C=O) groups excluding carboxylic acids is 2. The van der Waals surface area contributed by atoms with Gasteiger partial charge >= 0.3 is 0 Å². The summed E-state index contributed by atoms with van der Waals surface area (Å²) >= 11 is 10.6. The summed E-state index contributed by atoms with van der Waals surface area (Å²) in [5, 5.41) is 0.439. The lowest BCUT2D eigenvalue weighted by atomic mass is 10.2. The number of thioether (sulfide) groups is 1. The van der Waals surface area contributed by atoms with Gasteiger partial charge in [-0.3, -0.25) is 14.5 Å². The van der Waals surface area contributed by atoms with Crippen molar-refractivity contribution >= 4 is 56.5 Å². The molecule has 0 radical (unpaired) electrons. The molecule has 2 aromatic rings. The van der Waals surface area contributed by atoms with Crippen LogP contribution in [0.1, 0.15) is 30.3 Å². The van der Waals surface area contributed by atoms with Crippen LogP contribution in [0, 0.1) is 13.8 Å². The van der Waals surface area contributed by atoms with Crippen molar-refractivity contribution in [2.24, 2.45) is 0 Å². The maximum Gasteiger partial charge on any atom is 0.293 e. The van der Waals surface area contributed by atoms with Crippen LogP contribution in [0.2, 0.25) is 5.02 Å². The average molecular weight is 454 g/mol. The van der Waals surface area contributed by atoms with Crippen LogP contribution in [0.3, 0.4) is 0 Å². The van der Waals surface area contributed by atoms with E-state index in [1.807, 2.05) is 45.0 Å². The number of hydrogen-bond acceptors (Lipinski definition) is 3. The Hall–Kier alpha value is -1.50. The maximum absolute atomic E-state index is 12.5. The molecule has 4 nitrogen and oxygen atoms in total. The number of halogens is 2. The van der Waals surface area contributed by atoms with Crippen molar-refractivity contribution in [1.82, 2.24) is 9.47 Å². The zero-order valence-corrected chi connectivity index (χ0v) is 17.8. The summed E-state index contributed by atoms with van der Waals surface area (Å²) in [4.78, 5) is 26.3. The molecular formula is C19H18BrClN2O2S. The highest BCUT2D eigenvalue weighted by atomic mass is 79.9. The van der Waals surface area contributed by atoms with Gasteiger partial charge in [0.1, 0.15) is 0 Å². The van der Waals surface area contributed by atoms with Gasteiger partial charge in [-0.25, -0.2) is 0 Å². The van der Waals surface area contributed by atoms with E-state index in [1.54, 1.807) is 6.08 Å². The predicted octanol–water partition coefficient (Wildman–Crippen LogP) is 5.96. The van der Waals surface area contributed by atoms with E-state index < -0.39 is 0 Å². The summed E-state index contributed by atoms with van der Waals surface area (Å²) in [6.45, 7) is 6.40. The van der Waals surface area contributed by atoms with Gasteiger partial charge in [0.15, 0.2) is 0 Å². The topological polar surface area (TPSA) is 42.3 Å². The Bertz CT molecular complexity index is 936. The van der Waals surface area contributed by atoms with Gasteiger partial charge in [0.2, 0.25) is 0 Å². The van der Waals surface area contributed by atoms with Crippen LogP contribution >= 0.6 is 39.3 Å². The molecule has 0 spiro atoms. The molecule has 0 unspecified atom stereocenters. The fraction of sp³-hybridized carbons (Fsp3) is 0.263. The Labute approximate surface area is 170 Å². The summed E-state index contributed by atoms with van der Waals surface area (Å²) in [5.74, 6) is -0.210. The van der Waals surface area contributed by atoms with Gasteiger partial charge in [0.05, 0.1) is 9.93 Å². The van der Waals surface area contributed by atoms with E-state index in [9.17, 15) is 9.59 Å². The Morgan fingerprint density at radius 1 is 1.23 bits per heavy atom. The Morgan fingerprint density at radius 3 is 2.62 bits per heavy atom. The molecule has 0 saturated carbocycles. The van der Waals surface area contributed by atoms with E-state index in [0.717, 1.165) is 45.3 Å². The number of carbonyl (C=O) groups is 2. The fourth-order valence-corrected chi connectivity index (χ4v) is 4.29. The molecule has 7 heteroatoms. The van der Waals surface area contributed by atoms with E-state index >= 15 is 0 Å². The lowest BCUT2D eigenvalue weighted by Gasteiger charge is -2.11. The van der Waals surface area contributed by atoms with Crippen molar-refractivity contribution in [3.8, 4) is 5.69 Å². The van der Waals surface area contributed by atoms with Crippen molar-refractivity contribution in [3.63, 3.8) is 0 Å². The Kier molecular flexibility index (Phi) is 5.65. The van der Waals surface area contributed by atoms with Gasteiger partial charge < -0.3 is 4.57 Å². The molecule has 0 atom stereocenters. The number of hydrogen-bond donors (Lipinski definition) is 0. The number of amides is 2. The summed E-state index contributed by atoms with van der Waals surface area (Å²) in [6.07, 6.45) is 2.56. The molecule has 136 valence electrons. The van der Waals surface area contributed by atoms with E-state index in [2.05, 4.69) is 20.5 Å². The lowest BCUT2D eigenvalue weighted by Crippen LogP contribution is -2.28. The largest absolute Gasteiger partial charge is 0.318 e. The normalized spacial score (nSPS) is 16.2. The van der Waals surface area contributed by atoms with Crippen molar-refractivity contribution in [2.75, 3.05) is 6.54 Å². The summed E-state index contributed by atoms with van der Waals surface area (Å²) in [6, 6.07) is 7.80. The van der Waals surface area contributed by atoms with Crippen LogP contribution < -0.4 is 0 Å². The summed E-state index contributed by atoms with van der Waals surface area (Å²) in [7, 11) is 0. The van der Waals surface area contributed by atoms with Gasteiger partial charge in [-0.15, -0.1) is 0 Å². The van der Waals surface area contributed by atoms with Crippen LogP contribution in [-0.2, 0) is 4.79 Å². The number of rotatable bonds is 4. The molecule has 2 heterocycles. The van der Waals surface area contributed by atoms with Crippen molar-refractivity contribution < 1.29 is 9.59 Å². The van der Waals surface area contributed by atoms with Gasteiger partial charge in [0, 0.05) is 28.1 Å². The highest BCUT2D eigenvalue weighted by Crippen LogP contribution is 2.34. The smallest absolute Gasteiger partial charge is 0.293 e. The first-order valence-electron chi connectivity index (χ1n) is 8.23. The predicted molar refractivity (Wildman–Crippen MR) is 111 cm³/mol. The molecule has 26 heavy (non-hydrogen) atoms. The molecule has 1 aliphatic heterocycles. The minimum absolute atomic E-state index is 0.198. The second-order valence-electron chi connectivity index (χ2n) is 6.09. The zero-order valence-electron chi connectivity index (χ0n) is 14.7. The third kappa shape index (κ3) is 3.50. The standard InChI is InChI=1S/C19H18BrClN2O2S/c1-4-7-22-18(24)17(26-19(22)25)9-13-8-11(2)23(12(13)3)14-5-6-15(20)16(21)10-14/h5-6,8-10H,4,7H2,1-3H3/b17-9+. The molecule has 1 saturated heterocycles. The third-order valence-corrected chi connectivity index (χ3v) is 6.38. The minimum atomic E-state index is -0.210. The molecule has 1 aromatic carbocycles. The van der Waals surface area contributed by atoms with E-state index in [1.165, 1.54) is 4.90 Å². The summed E-state index contributed by atoms with van der Waals surface area (Å²) < 4.78 is 2.93. The van der Waals surface area contributed by atoms with Crippen molar-refractivity contribution in [3.05, 3.63) is 55.6 Å². The highest BCUT2D eigenvalue weighted by molar-refractivity contribution is 9.10. The molecular weight excluding hydrogens is 436 g/mol. The van der Waals surface area contributed by atoms with Gasteiger partial charge in [-0.2, -0.15) is 0 Å². The number of nitrogens with zero attached hydrogens (tertiary/aromatic N) is 2. The number of imide groups is 1. The van der Waals surface area contributed by atoms with E-state index in [4.69, 9.17) is 11.6 Å². The van der Waals surface area contributed by atoms with Gasteiger partial charge in [-0.1, -0.05) is 18.5 Å². The quantitative estimate of drug-likeness (QED) is 0.537. The van der Waals surface area contributed by atoms with E-state index in [-0.39, 0.29) is 11.1 Å². The molecule has 3 rings (SSSR count). The van der Waals surface area contributed by atoms with E-state index in [0.29, 0.717) is 16.5 Å². The second-order valence-corrected chi connectivity index (χ2v) is 8.35. The average Bonchev–Trinajstić information content (AvgIpc) is 3.01. The van der Waals surface area contributed by atoms with Crippen LogP contribution in [-0.4, -0.2) is 27.2 Å². The molecule has 2 amide bonds. The van der Waals surface area contributed by atoms with Crippen molar-refractivity contribution in [1.29, 1.82) is 0 Å². The lowest BCUT2D eigenvalue weighted by molar-refractivity contribution is -0.122. The van der Waals surface area contributed by atoms with Gasteiger partial charge in [0.25, 0.3) is 11.1 Å². The third-order valence-electron chi connectivity index (χ3n) is 4.24. The SMILES string of the molecule is CCCN1C(=O)S/C(=C/c2cc(C)n(-c3ccc(Br)c(Cl)c3)c2C)C1=O. The zero-order chi connectivity index (χ0) is 19.0. The fourth-order valence-electron chi connectivity index (χ4n) is 3.01. The molecule has 0 aliphatic carbocycles. The summed E-state index contributed by atoms with van der Waals surface area (Å²) in [5.41, 5.74) is 3.89. The first-order valence-corrected chi connectivity index (χ1v) is 10.2. The first-order chi connectivity index (χ1) is 12.3. The minimum Gasteiger partial charge on any atom is -0.318 e. The number of aromatic nitrogens is 1. The molecule has 0 bridgehead atoms. The molecule has 1 aliphatic rings. The Balaban J connectivity index is 2.00. The van der Waals surface area contributed by atoms with Crippen molar-refractivity contribution in [2.45, 2.75) is 27.2 Å². The monoisotopic (exact) mass is 452 g/mol. The Morgan fingerprint density at radius 2 is 1.96 bits per heavy atom. The van der Waals surface area contributed by atoms with Crippen LogP contribution in [0.5, 0.6) is 0 Å². The molecule has 0 N–H and O–H groups in total. The first kappa shape index (κ1) is 19.3. The highest BCUT2D eigenvalue weighted by Gasteiger charge is 2.34. The maximum atomic E-state index is 12.5. The molecule has 1 aromatic heterocycles. The van der Waals surface area contributed by atoms with Crippen LogP contribution in [0.15, 0.2) is 33.6 Å². The number of benzene rings is 1. The van der Waals surface area contributed by atoms with Crippen LogP contribution in [0.25, 0.3) is 11.8 Å². The van der Waals surface area contributed by atoms with Crippen LogP contribution in [0.4, 0.5) is 4.79 Å². The number of aryl methyl sites for hydroxylation is 1. The molecule has 1 fully saturated rings. The second kappa shape index (κ2) is 7.62. The van der Waals surface area contributed by atoms with Gasteiger partial charge in [-0.05, 0) is 83.9 Å².